The summed E-state index contributed by atoms with van der Waals surface area (Å²) in [6, 6.07) is 7.92. The van der Waals surface area contributed by atoms with Crippen LogP contribution in [0.1, 0.15) is 52.8 Å². The molecule has 0 aliphatic heterocycles. The Morgan fingerprint density at radius 1 is 1.04 bits per heavy atom. The molecular formula is C17H25NaO5S. The predicted molar refractivity (Wildman–Crippen MR) is 90.3 cm³/mol. The van der Waals surface area contributed by atoms with Crippen molar-refractivity contribution >= 4 is 16.4 Å². The van der Waals surface area contributed by atoms with E-state index in [0.29, 0.717) is 6.42 Å². The van der Waals surface area contributed by atoms with Crippen LogP contribution in [0.2, 0.25) is 0 Å². The van der Waals surface area contributed by atoms with Crippen molar-refractivity contribution in [2.24, 2.45) is 0 Å². The Balaban J connectivity index is 0. The molecule has 24 heavy (non-hydrogen) atoms. The van der Waals surface area contributed by atoms with Crippen molar-refractivity contribution in [1.82, 2.24) is 0 Å². The molecule has 0 unspecified atom stereocenters. The zero-order chi connectivity index (χ0) is 17.0. The number of para-hydroxylation sites is 1. The van der Waals surface area contributed by atoms with Gasteiger partial charge >= 0.3 is 45.9 Å². The van der Waals surface area contributed by atoms with Crippen LogP contribution in [0.25, 0.3) is 0 Å². The predicted octanol–water partition coefficient (Wildman–Crippen LogP) is 1.28. The average molecular weight is 364 g/mol. The topological polar surface area (TPSA) is 69.7 Å². The third kappa shape index (κ3) is 11.7. The van der Waals surface area contributed by atoms with Gasteiger partial charge in [-0.2, -0.15) is 0 Å². The van der Waals surface area contributed by atoms with Gasteiger partial charge in [-0.15, -0.1) is 15.0 Å². The van der Waals surface area contributed by atoms with Gasteiger partial charge in [0.05, 0.1) is 0 Å². The van der Waals surface area contributed by atoms with Gasteiger partial charge in [0.2, 0.25) is 0 Å². The van der Waals surface area contributed by atoms with E-state index >= 15 is 0 Å². The zero-order valence-electron chi connectivity index (χ0n) is 15.3. The van der Waals surface area contributed by atoms with E-state index in [9.17, 15) is 13.2 Å². The first-order chi connectivity index (χ1) is 11.0. The molecule has 0 fully saturated rings. The number of carbonyl (C=O) groups excluding carboxylic acids is 1. The Bertz CT molecular complexity index is 578. The Kier molecular flexibility index (Phi) is 13.0. The van der Waals surface area contributed by atoms with E-state index in [0.717, 1.165) is 38.5 Å². The molecule has 0 spiro atoms. The monoisotopic (exact) mass is 364 g/mol. The van der Waals surface area contributed by atoms with Crippen LogP contribution in [-0.2, 0) is 19.4 Å². The molecular weight excluding hydrogens is 339 g/mol. The van der Waals surface area contributed by atoms with Crippen molar-refractivity contribution in [3.8, 4) is 5.75 Å². The first-order valence-electron chi connectivity index (χ1n) is 7.86. The van der Waals surface area contributed by atoms with Crippen molar-refractivity contribution in [2.75, 3.05) is 0 Å². The van der Waals surface area contributed by atoms with Crippen LogP contribution < -0.4 is 33.7 Å². The van der Waals surface area contributed by atoms with E-state index in [1.54, 1.807) is 18.2 Å². The molecule has 7 heteroatoms. The molecule has 1 rings (SSSR count). The van der Waals surface area contributed by atoms with E-state index in [-0.39, 0.29) is 43.2 Å². The molecule has 0 aromatic heterocycles. The van der Waals surface area contributed by atoms with Crippen molar-refractivity contribution in [3.63, 3.8) is 0 Å². The number of hydrogen-bond donors (Lipinski definition) is 0. The van der Waals surface area contributed by atoms with Gasteiger partial charge in [-0.25, -0.2) is 0 Å². The quantitative estimate of drug-likeness (QED) is 0.317. The van der Waals surface area contributed by atoms with Crippen LogP contribution in [0.5, 0.6) is 5.75 Å². The second-order valence-electron chi connectivity index (χ2n) is 5.21. The zero-order valence-corrected chi connectivity index (χ0v) is 17.1. The third-order valence-corrected chi connectivity index (χ3v) is 3.96. The number of carbonyl (C=O) groups is 1. The summed E-state index contributed by atoms with van der Waals surface area (Å²) in [6.45, 7) is 3.67. The molecule has 0 atom stereocenters. The van der Waals surface area contributed by atoms with Crippen molar-refractivity contribution in [2.45, 2.75) is 51.4 Å². The molecule has 0 aliphatic rings. The van der Waals surface area contributed by atoms with Crippen LogP contribution in [0, 0.1) is 0 Å². The van der Waals surface area contributed by atoms with Crippen LogP contribution in [-0.4, -0.2) is 14.4 Å². The minimum absolute atomic E-state index is 0. The molecule has 5 nitrogen and oxygen atoms in total. The van der Waals surface area contributed by atoms with Gasteiger partial charge in [0.1, 0.15) is 5.75 Å². The van der Waals surface area contributed by atoms with Gasteiger partial charge in [-0.1, -0.05) is 50.0 Å². The Hall–Kier alpha value is -0.820. The molecule has 0 heterocycles. The van der Waals surface area contributed by atoms with Gasteiger partial charge < -0.3 is 9.79 Å². The fraction of sp³-hybridized carbons (Fsp3) is 0.471. The summed E-state index contributed by atoms with van der Waals surface area (Å²) in [6.07, 6.45) is 8.93. The van der Waals surface area contributed by atoms with E-state index in [1.807, 2.05) is 6.08 Å². The van der Waals surface area contributed by atoms with E-state index in [2.05, 4.69) is 14.9 Å². The number of hydrogen-bond acceptors (Lipinski definition) is 5. The second-order valence-corrected chi connectivity index (χ2v) is 6.36. The van der Waals surface area contributed by atoms with Gasteiger partial charge in [-0.05, 0) is 31.4 Å². The van der Waals surface area contributed by atoms with E-state index < -0.39 is 16.4 Å². The standard InChI is InChI=1S/C17H24O5S.Na.H/c1-2-3-4-5-6-7-8-12-15-17(18)22-23(19,20)21-16-13-10-9-11-14-16;;/h2,9-11,13-14H,1,3-8,12,15H2;;/q;+1;-1. The summed E-state index contributed by atoms with van der Waals surface area (Å²) in [4.78, 5) is 11.5. The molecule has 0 amide bonds. The fourth-order valence-corrected chi connectivity index (χ4v) is 2.72. The van der Waals surface area contributed by atoms with Crippen molar-refractivity contribution in [3.05, 3.63) is 43.0 Å². The van der Waals surface area contributed by atoms with Crippen molar-refractivity contribution < 1.29 is 52.6 Å². The molecule has 130 valence electrons. The molecule has 0 bridgehead atoms. The summed E-state index contributed by atoms with van der Waals surface area (Å²) in [7, 11) is -4.35. The summed E-state index contributed by atoms with van der Waals surface area (Å²) >= 11 is 0. The van der Waals surface area contributed by atoms with E-state index in [1.165, 1.54) is 12.1 Å². The number of unbranched alkanes of at least 4 members (excludes halogenated alkanes) is 6. The molecule has 0 radical (unpaired) electrons. The van der Waals surface area contributed by atoms with Crippen LogP contribution >= 0.6 is 0 Å². The van der Waals surface area contributed by atoms with Gasteiger partial charge in [-0.3, -0.25) is 4.79 Å². The van der Waals surface area contributed by atoms with Gasteiger partial charge in [0.15, 0.2) is 0 Å². The normalized spacial score (nSPS) is 10.5. The summed E-state index contributed by atoms with van der Waals surface area (Å²) in [5.41, 5.74) is 0. The fourth-order valence-electron chi connectivity index (χ4n) is 2.03. The first kappa shape index (κ1) is 23.2. The minimum Gasteiger partial charge on any atom is -1.00 e. The largest absolute Gasteiger partial charge is 1.00 e. The smallest absolute Gasteiger partial charge is 1.00 e. The molecule has 0 saturated carbocycles. The maximum Gasteiger partial charge on any atom is 1.00 e. The number of rotatable bonds is 12. The summed E-state index contributed by atoms with van der Waals surface area (Å²) in [5, 5.41) is 0. The molecule has 0 N–H and O–H groups in total. The SMILES string of the molecule is C=CCCCCCCCCC(=O)OS(=O)(=O)Oc1ccccc1.[H-].[Na+]. The second kappa shape index (κ2) is 13.5. The first-order valence-corrected chi connectivity index (χ1v) is 9.19. The maximum atomic E-state index is 11.6. The number of allylic oxidation sites excluding steroid dienone is 1. The van der Waals surface area contributed by atoms with Crippen LogP contribution in [0.4, 0.5) is 0 Å². The molecule has 1 aromatic carbocycles. The van der Waals surface area contributed by atoms with Gasteiger partial charge in [0.25, 0.3) is 0 Å². The molecule has 0 saturated heterocycles. The minimum atomic E-state index is -4.35. The Morgan fingerprint density at radius 2 is 1.62 bits per heavy atom. The Morgan fingerprint density at radius 3 is 2.25 bits per heavy atom. The van der Waals surface area contributed by atoms with E-state index in [4.69, 9.17) is 0 Å². The van der Waals surface area contributed by atoms with Crippen LogP contribution in [0.15, 0.2) is 43.0 Å². The molecule has 0 aliphatic carbocycles. The summed E-state index contributed by atoms with van der Waals surface area (Å²) in [5.74, 6) is -0.674. The van der Waals surface area contributed by atoms with Crippen LogP contribution in [0.3, 0.4) is 0 Å². The van der Waals surface area contributed by atoms with Crippen molar-refractivity contribution in [1.29, 1.82) is 0 Å². The summed E-state index contributed by atoms with van der Waals surface area (Å²) < 4.78 is 32.2. The maximum absolute atomic E-state index is 11.6. The van der Waals surface area contributed by atoms with Gasteiger partial charge in [0, 0.05) is 6.42 Å². The number of benzene rings is 1. The molecule has 1 aromatic rings. The third-order valence-electron chi connectivity index (χ3n) is 3.18. The average Bonchev–Trinajstić information content (AvgIpc) is 2.50. The Labute approximate surface area is 168 Å².